The standard InChI is InChI=1S/C19H23NO4/c1-19(2)13-15(10-12-23-19)20(14-17-9-6-11-22-17)18(21)24-16-7-4-3-5-8-16/h3-9,11,15H,10,12-14H2,1-2H3/t15-/m0/s1. The van der Waals surface area contributed by atoms with Gasteiger partial charge in [0.2, 0.25) is 0 Å². The summed E-state index contributed by atoms with van der Waals surface area (Å²) in [6.45, 7) is 5.11. The number of furan rings is 1. The van der Waals surface area contributed by atoms with Gasteiger partial charge in [0.05, 0.1) is 18.4 Å². The van der Waals surface area contributed by atoms with Crippen molar-refractivity contribution in [3.05, 3.63) is 54.5 Å². The number of amides is 1. The van der Waals surface area contributed by atoms with Crippen molar-refractivity contribution in [1.82, 2.24) is 4.90 Å². The fourth-order valence-corrected chi connectivity index (χ4v) is 3.03. The summed E-state index contributed by atoms with van der Waals surface area (Å²) in [7, 11) is 0. The van der Waals surface area contributed by atoms with Crippen molar-refractivity contribution in [1.29, 1.82) is 0 Å². The third-order valence-electron chi connectivity index (χ3n) is 4.20. The molecule has 0 spiro atoms. The van der Waals surface area contributed by atoms with E-state index in [1.165, 1.54) is 0 Å². The van der Waals surface area contributed by atoms with Gasteiger partial charge in [-0.05, 0) is 51.0 Å². The molecule has 0 saturated carbocycles. The first-order valence-corrected chi connectivity index (χ1v) is 8.23. The Balaban J connectivity index is 1.77. The Morgan fingerprint density at radius 1 is 1.25 bits per heavy atom. The number of hydrogen-bond donors (Lipinski definition) is 0. The van der Waals surface area contributed by atoms with Crippen LogP contribution in [0.5, 0.6) is 5.75 Å². The highest BCUT2D eigenvalue weighted by atomic mass is 16.6. The van der Waals surface area contributed by atoms with Gasteiger partial charge in [-0.3, -0.25) is 4.90 Å². The van der Waals surface area contributed by atoms with E-state index in [9.17, 15) is 4.79 Å². The maximum Gasteiger partial charge on any atom is 0.415 e. The van der Waals surface area contributed by atoms with Crippen LogP contribution < -0.4 is 4.74 Å². The van der Waals surface area contributed by atoms with E-state index in [4.69, 9.17) is 13.9 Å². The summed E-state index contributed by atoms with van der Waals surface area (Å²) in [6.07, 6.45) is 2.80. The molecule has 1 atom stereocenters. The highest BCUT2D eigenvalue weighted by Gasteiger charge is 2.35. The number of carbonyl (C=O) groups is 1. The van der Waals surface area contributed by atoms with Crippen molar-refractivity contribution in [3.8, 4) is 5.75 Å². The van der Waals surface area contributed by atoms with E-state index in [-0.39, 0.29) is 17.7 Å². The predicted molar refractivity (Wildman–Crippen MR) is 89.8 cm³/mol. The Labute approximate surface area is 142 Å². The maximum absolute atomic E-state index is 12.8. The molecule has 128 valence electrons. The van der Waals surface area contributed by atoms with Crippen LogP contribution in [0.25, 0.3) is 0 Å². The van der Waals surface area contributed by atoms with Crippen LogP contribution in [0.3, 0.4) is 0 Å². The normalized spacial score (nSPS) is 19.7. The smallest absolute Gasteiger partial charge is 0.415 e. The number of carbonyl (C=O) groups excluding carboxylic acids is 1. The number of para-hydroxylation sites is 1. The van der Waals surface area contributed by atoms with Crippen molar-refractivity contribution in [2.24, 2.45) is 0 Å². The number of ether oxygens (including phenoxy) is 2. The minimum Gasteiger partial charge on any atom is -0.467 e. The second-order valence-electron chi connectivity index (χ2n) is 6.64. The summed E-state index contributed by atoms with van der Waals surface area (Å²) in [4.78, 5) is 14.5. The van der Waals surface area contributed by atoms with Gasteiger partial charge in [0.25, 0.3) is 0 Å². The van der Waals surface area contributed by atoms with Crippen LogP contribution in [-0.4, -0.2) is 29.2 Å². The van der Waals surface area contributed by atoms with Gasteiger partial charge < -0.3 is 13.9 Å². The van der Waals surface area contributed by atoms with E-state index in [0.717, 1.165) is 18.6 Å². The van der Waals surface area contributed by atoms with Gasteiger partial charge in [0, 0.05) is 12.6 Å². The lowest BCUT2D eigenvalue weighted by molar-refractivity contribution is -0.0803. The van der Waals surface area contributed by atoms with Crippen molar-refractivity contribution in [2.45, 2.75) is 44.9 Å². The minimum absolute atomic E-state index is 0.0510. The van der Waals surface area contributed by atoms with Crippen LogP contribution in [0, 0.1) is 0 Å². The first-order chi connectivity index (χ1) is 11.5. The molecule has 0 bridgehead atoms. The molecular formula is C19H23NO4. The summed E-state index contributed by atoms with van der Waals surface area (Å²) in [5, 5.41) is 0. The second-order valence-corrected chi connectivity index (χ2v) is 6.64. The largest absolute Gasteiger partial charge is 0.467 e. The number of benzene rings is 1. The van der Waals surface area contributed by atoms with Gasteiger partial charge in [-0.1, -0.05) is 18.2 Å². The molecule has 2 aromatic rings. The van der Waals surface area contributed by atoms with E-state index in [2.05, 4.69) is 0 Å². The third-order valence-corrected chi connectivity index (χ3v) is 4.20. The molecule has 1 aromatic carbocycles. The Kier molecular flexibility index (Phi) is 4.90. The van der Waals surface area contributed by atoms with E-state index < -0.39 is 0 Å². The monoisotopic (exact) mass is 329 g/mol. The molecule has 0 unspecified atom stereocenters. The highest BCUT2D eigenvalue weighted by molar-refractivity contribution is 5.71. The van der Waals surface area contributed by atoms with Crippen LogP contribution in [0.2, 0.25) is 0 Å². The Bertz CT molecular complexity index is 651. The van der Waals surface area contributed by atoms with Gasteiger partial charge in [-0.2, -0.15) is 0 Å². The molecule has 1 amide bonds. The van der Waals surface area contributed by atoms with Crippen LogP contribution in [0.15, 0.2) is 53.1 Å². The van der Waals surface area contributed by atoms with Crippen LogP contribution in [0.1, 0.15) is 32.4 Å². The first kappa shape index (κ1) is 16.6. The number of rotatable bonds is 4. The zero-order valence-corrected chi connectivity index (χ0v) is 14.1. The number of hydrogen-bond acceptors (Lipinski definition) is 4. The minimum atomic E-state index is -0.361. The molecule has 5 heteroatoms. The summed E-state index contributed by atoms with van der Waals surface area (Å²) in [5.74, 6) is 1.28. The average molecular weight is 329 g/mol. The topological polar surface area (TPSA) is 51.9 Å². The van der Waals surface area contributed by atoms with E-state index in [1.807, 2.05) is 44.2 Å². The molecular weight excluding hydrogens is 306 g/mol. The summed E-state index contributed by atoms with van der Waals surface area (Å²) < 4.78 is 16.8. The zero-order valence-electron chi connectivity index (χ0n) is 14.1. The van der Waals surface area contributed by atoms with Crippen molar-refractivity contribution >= 4 is 6.09 Å². The summed E-state index contributed by atoms with van der Waals surface area (Å²) in [5.41, 5.74) is -0.253. The fourth-order valence-electron chi connectivity index (χ4n) is 3.03. The van der Waals surface area contributed by atoms with E-state index in [1.54, 1.807) is 23.3 Å². The molecule has 3 rings (SSSR count). The van der Waals surface area contributed by atoms with Crippen molar-refractivity contribution in [3.63, 3.8) is 0 Å². The molecule has 1 aliphatic rings. The van der Waals surface area contributed by atoms with E-state index >= 15 is 0 Å². The Morgan fingerprint density at radius 3 is 2.71 bits per heavy atom. The average Bonchev–Trinajstić information content (AvgIpc) is 3.05. The molecule has 2 heterocycles. The molecule has 1 saturated heterocycles. The Hall–Kier alpha value is -2.27. The Morgan fingerprint density at radius 2 is 2.04 bits per heavy atom. The van der Waals surface area contributed by atoms with Gasteiger partial charge in [-0.25, -0.2) is 4.79 Å². The molecule has 0 N–H and O–H groups in total. The molecule has 1 aromatic heterocycles. The lowest BCUT2D eigenvalue weighted by atomic mass is 9.93. The van der Waals surface area contributed by atoms with Gasteiger partial charge >= 0.3 is 6.09 Å². The summed E-state index contributed by atoms with van der Waals surface area (Å²) >= 11 is 0. The molecule has 24 heavy (non-hydrogen) atoms. The predicted octanol–water partition coefficient (Wildman–Crippen LogP) is 4.24. The molecule has 0 aliphatic carbocycles. The van der Waals surface area contributed by atoms with Crippen LogP contribution in [0.4, 0.5) is 4.79 Å². The van der Waals surface area contributed by atoms with Crippen LogP contribution in [-0.2, 0) is 11.3 Å². The molecule has 5 nitrogen and oxygen atoms in total. The zero-order chi connectivity index (χ0) is 17.0. The molecule has 0 radical (unpaired) electrons. The first-order valence-electron chi connectivity index (χ1n) is 8.23. The van der Waals surface area contributed by atoms with Gasteiger partial charge in [0.15, 0.2) is 0 Å². The van der Waals surface area contributed by atoms with Gasteiger partial charge in [-0.15, -0.1) is 0 Å². The summed E-state index contributed by atoms with van der Waals surface area (Å²) in [6, 6.07) is 12.9. The molecule has 1 aliphatic heterocycles. The number of nitrogens with zero attached hydrogens (tertiary/aromatic N) is 1. The van der Waals surface area contributed by atoms with Crippen LogP contribution >= 0.6 is 0 Å². The fraction of sp³-hybridized carbons (Fsp3) is 0.421. The highest BCUT2D eigenvalue weighted by Crippen LogP contribution is 2.29. The molecule has 1 fully saturated rings. The van der Waals surface area contributed by atoms with Gasteiger partial charge in [0.1, 0.15) is 11.5 Å². The lowest BCUT2D eigenvalue weighted by Crippen LogP contribution is -2.49. The third kappa shape index (κ3) is 4.17. The van der Waals surface area contributed by atoms with Crippen molar-refractivity contribution < 1.29 is 18.7 Å². The maximum atomic E-state index is 12.8. The lowest BCUT2D eigenvalue weighted by Gasteiger charge is -2.40. The quantitative estimate of drug-likeness (QED) is 0.842. The van der Waals surface area contributed by atoms with E-state index in [0.29, 0.717) is 18.9 Å². The van der Waals surface area contributed by atoms with Crippen molar-refractivity contribution in [2.75, 3.05) is 6.61 Å². The second kappa shape index (κ2) is 7.09. The SMILES string of the molecule is CC1(C)C[C@@H](N(Cc2ccco2)C(=O)Oc2ccccc2)CCO1.